The normalized spacial score (nSPS) is 27.2. The summed E-state index contributed by atoms with van der Waals surface area (Å²) in [6.45, 7) is 4.14. The second-order valence-electron chi connectivity index (χ2n) is 5.17. The highest BCUT2D eigenvalue weighted by Gasteiger charge is 2.35. The second-order valence-corrected chi connectivity index (χ2v) is 7.40. The van der Waals surface area contributed by atoms with Crippen molar-refractivity contribution in [1.82, 2.24) is 9.80 Å². The SMILES string of the molecule is CCN(C(=O)N1CCCCC1)C1CCS(=O)(=O)C1. The summed E-state index contributed by atoms with van der Waals surface area (Å²) in [5, 5.41) is 0. The number of likely N-dealkylation sites (tertiary alicyclic amines) is 1. The maximum absolute atomic E-state index is 12.4. The van der Waals surface area contributed by atoms with Gasteiger partial charge in [-0.15, -0.1) is 0 Å². The van der Waals surface area contributed by atoms with Crippen LogP contribution in [0.15, 0.2) is 0 Å². The first-order valence-electron chi connectivity index (χ1n) is 6.79. The van der Waals surface area contributed by atoms with E-state index in [-0.39, 0.29) is 23.6 Å². The lowest BCUT2D eigenvalue weighted by Gasteiger charge is -2.35. The van der Waals surface area contributed by atoms with Crippen molar-refractivity contribution < 1.29 is 13.2 Å². The number of urea groups is 1. The Kier molecular flexibility index (Phi) is 4.14. The third-order valence-corrected chi connectivity index (χ3v) is 5.61. The zero-order valence-corrected chi connectivity index (χ0v) is 11.8. The highest BCUT2D eigenvalue weighted by Crippen LogP contribution is 2.20. The van der Waals surface area contributed by atoms with E-state index in [1.54, 1.807) is 4.90 Å². The Balaban J connectivity index is 2.01. The smallest absolute Gasteiger partial charge is 0.320 e. The lowest BCUT2D eigenvalue weighted by Crippen LogP contribution is -2.50. The fraction of sp³-hybridized carbons (Fsp3) is 0.917. The summed E-state index contributed by atoms with van der Waals surface area (Å²) in [6.07, 6.45) is 3.90. The number of piperidine rings is 1. The van der Waals surface area contributed by atoms with Crippen LogP contribution < -0.4 is 0 Å². The second kappa shape index (κ2) is 5.47. The molecule has 2 aliphatic heterocycles. The lowest BCUT2D eigenvalue weighted by molar-refractivity contribution is 0.132. The maximum atomic E-state index is 12.4. The number of rotatable bonds is 2. The number of hydrogen-bond acceptors (Lipinski definition) is 3. The maximum Gasteiger partial charge on any atom is 0.320 e. The molecule has 0 N–H and O–H groups in total. The molecule has 0 aromatic carbocycles. The minimum absolute atomic E-state index is 0.0271. The van der Waals surface area contributed by atoms with Crippen LogP contribution >= 0.6 is 0 Å². The first-order chi connectivity index (χ1) is 8.53. The molecule has 0 spiro atoms. The monoisotopic (exact) mass is 274 g/mol. The van der Waals surface area contributed by atoms with Gasteiger partial charge in [0, 0.05) is 25.7 Å². The first-order valence-corrected chi connectivity index (χ1v) is 8.61. The summed E-state index contributed by atoms with van der Waals surface area (Å²) in [6, 6.07) is -0.0891. The van der Waals surface area contributed by atoms with Crippen LogP contribution in [0.3, 0.4) is 0 Å². The summed E-state index contributed by atoms with van der Waals surface area (Å²) in [5.41, 5.74) is 0. The topological polar surface area (TPSA) is 57.7 Å². The van der Waals surface area contributed by atoms with Crippen molar-refractivity contribution in [2.75, 3.05) is 31.1 Å². The zero-order valence-electron chi connectivity index (χ0n) is 11.0. The molecule has 5 nitrogen and oxygen atoms in total. The van der Waals surface area contributed by atoms with Gasteiger partial charge in [-0.2, -0.15) is 0 Å². The van der Waals surface area contributed by atoms with E-state index in [1.165, 1.54) is 6.42 Å². The van der Waals surface area contributed by atoms with E-state index in [4.69, 9.17) is 0 Å². The minimum atomic E-state index is -2.93. The van der Waals surface area contributed by atoms with Gasteiger partial charge in [0.25, 0.3) is 0 Å². The molecule has 0 radical (unpaired) electrons. The van der Waals surface area contributed by atoms with Crippen LogP contribution in [0, 0.1) is 0 Å². The Morgan fingerprint density at radius 3 is 2.44 bits per heavy atom. The number of sulfone groups is 1. The average Bonchev–Trinajstić information content (AvgIpc) is 2.71. The highest BCUT2D eigenvalue weighted by atomic mass is 32.2. The fourth-order valence-electron chi connectivity index (χ4n) is 2.84. The molecule has 104 valence electrons. The quantitative estimate of drug-likeness (QED) is 0.757. The molecule has 2 fully saturated rings. The van der Waals surface area contributed by atoms with Gasteiger partial charge in [0.15, 0.2) is 9.84 Å². The van der Waals surface area contributed by atoms with E-state index in [1.807, 2.05) is 11.8 Å². The molecule has 2 saturated heterocycles. The van der Waals surface area contributed by atoms with Gasteiger partial charge < -0.3 is 9.80 Å². The molecule has 18 heavy (non-hydrogen) atoms. The van der Waals surface area contributed by atoms with Crippen molar-refractivity contribution in [1.29, 1.82) is 0 Å². The standard InChI is InChI=1S/C12H22N2O3S/c1-2-14(11-6-9-18(16,17)10-11)12(15)13-7-4-3-5-8-13/h11H,2-10H2,1H3. The summed E-state index contributed by atoms with van der Waals surface area (Å²) >= 11 is 0. The number of amides is 2. The van der Waals surface area contributed by atoms with Crippen LogP contribution in [0.1, 0.15) is 32.6 Å². The van der Waals surface area contributed by atoms with Gasteiger partial charge >= 0.3 is 6.03 Å². The molecule has 2 amide bonds. The predicted octanol–water partition coefficient (Wildman–Crippen LogP) is 1.10. The van der Waals surface area contributed by atoms with Crippen LogP contribution in [0.5, 0.6) is 0 Å². The Labute approximate surface area is 109 Å². The number of carbonyl (C=O) groups excluding carboxylic acids is 1. The van der Waals surface area contributed by atoms with E-state index in [2.05, 4.69) is 0 Å². The molecule has 0 aromatic heterocycles. The Hall–Kier alpha value is -0.780. The molecule has 2 heterocycles. The Morgan fingerprint density at radius 2 is 1.94 bits per heavy atom. The molecule has 1 unspecified atom stereocenters. The van der Waals surface area contributed by atoms with Crippen molar-refractivity contribution in [3.8, 4) is 0 Å². The number of hydrogen-bond donors (Lipinski definition) is 0. The van der Waals surface area contributed by atoms with Crippen molar-refractivity contribution in [2.24, 2.45) is 0 Å². The van der Waals surface area contributed by atoms with Gasteiger partial charge in [-0.1, -0.05) is 0 Å². The van der Waals surface area contributed by atoms with Gasteiger partial charge in [-0.25, -0.2) is 13.2 Å². The van der Waals surface area contributed by atoms with Gasteiger partial charge in [0.05, 0.1) is 11.5 Å². The lowest BCUT2D eigenvalue weighted by atomic mass is 10.1. The van der Waals surface area contributed by atoms with E-state index < -0.39 is 9.84 Å². The molecule has 0 aromatic rings. The molecule has 0 bridgehead atoms. The van der Waals surface area contributed by atoms with E-state index in [0.29, 0.717) is 13.0 Å². The Bertz CT molecular complexity index is 402. The van der Waals surface area contributed by atoms with Gasteiger partial charge in [-0.3, -0.25) is 0 Å². The molecule has 0 saturated carbocycles. The van der Waals surface area contributed by atoms with Crippen LogP contribution in [0.25, 0.3) is 0 Å². The predicted molar refractivity (Wildman–Crippen MR) is 70.3 cm³/mol. The Morgan fingerprint density at radius 1 is 1.28 bits per heavy atom. The molecule has 2 aliphatic rings. The van der Waals surface area contributed by atoms with Gasteiger partial charge in [0.2, 0.25) is 0 Å². The molecule has 0 aliphatic carbocycles. The van der Waals surface area contributed by atoms with Crippen molar-refractivity contribution in [3.05, 3.63) is 0 Å². The minimum Gasteiger partial charge on any atom is -0.325 e. The molecule has 6 heteroatoms. The largest absolute Gasteiger partial charge is 0.325 e. The highest BCUT2D eigenvalue weighted by molar-refractivity contribution is 7.91. The van der Waals surface area contributed by atoms with Crippen molar-refractivity contribution >= 4 is 15.9 Å². The summed E-state index contributed by atoms with van der Waals surface area (Å²) in [4.78, 5) is 16.0. The first kappa shape index (κ1) is 13.6. The van der Waals surface area contributed by atoms with E-state index in [0.717, 1.165) is 25.9 Å². The van der Waals surface area contributed by atoms with E-state index in [9.17, 15) is 13.2 Å². The fourth-order valence-corrected chi connectivity index (χ4v) is 4.57. The third kappa shape index (κ3) is 2.96. The molecule has 2 rings (SSSR count). The molecular formula is C12H22N2O3S. The zero-order chi connectivity index (χ0) is 13.2. The third-order valence-electron chi connectivity index (χ3n) is 3.86. The molecular weight excluding hydrogens is 252 g/mol. The number of carbonyl (C=O) groups is 1. The van der Waals surface area contributed by atoms with Crippen molar-refractivity contribution in [2.45, 2.75) is 38.6 Å². The summed E-state index contributed by atoms with van der Waals surface area (Å²) in [5.74, 6) is 0.363. The number of nitrogens with zero attached hydrogens (tertiary/aromatic N) is 2. The average molecular weight is 274 g/mol. The van der Waals surface area contributed by atoms with Crippen LogP contribution in [0.2, 0.25) is 0 Å². The van der Waals surface area contributed by atoms with Crippen LogP contribution in [0.4, 0.5) is 4.79 Å². The van der Waals surface area contributed by atoms with Gasteiger partial charge in [0.1, 0.15) is 0 Å². The summed E-state index contributed by atoms with van der Waals surface area (Å²) in [7, 11) is -2.93. The molecule has 1 atom stereocenters. The van der Waals surface area contributed by atoms with Gasteiger partial charge in [-0.05, 0) is 32.6 Å². The van der Waals surface area contributed by atoms with E-state index >= 15 is 0 Å². The van der Waals surface area contributed by atoms with Crippen LogP contribution in [-0.4, -0.2) is 61.4 Å². The van der Waals surface area contributed by atoms with Crippen LogP contribution in [-0.2, 0) is 9.84 Å². The van der Waals surface area contributed by atoms with Crippen molar-refractivity contribution in [3.63, 3.8) is 0 Å². The summed E-state index contributed by atoms with van der Waals surface area (Å²) < 4.78 is 23.0.